The lowest BCUT2D eigenvalue weighted by molar-refractivity contribution is -0.136. The molecule has 0 unspecified atom stereocenters. The van der Waals surface area contributed by atoms with Gasteiger partial charge in [0.25, 0.3) is 0 Å². The molecule has 0 aliphatic heterocycles. The van der Waals surface area contributed by atoms with Crippen LogP contribution in [-0.4, -0.2) is 24.2 Å². The van der Waals surface area contributed by atoms with E-state index in [9.17, 15) is 9.18 Å². The number of hydrogen-bond acceptors (Lipinski definition) is 5. The number of benzene rings is 3. The Morgan fingerprint density at radius 1 is 0.903 bits per heavy atom. The lowest BCUT2D eigenvalue weighted by Gasteiger charge is -2.13. The minimum Gasteiger partial charge on any atom is -0.492 e. The second-order valence-corrected chi connectivity index (χ2v) is 6.81. The van der Waals surface area contributed by atoms with Crippen LogP contribution in [-0.2, 0) is 17.8 Å². The van der Waals surface area contributed by atoms with E-state index in [4.69, 9.17) is 25.1 Å². The summed E-state index contributed by atoms with van der Waals surface area (Å²) in [6.45, 7) is 0.812. The van der Waals surface area contributed by atoms with Crippen molar-refractivity contribution in [1.82, 2.24) is 0 Å². The molecule has 0 bridgehead atoms. The molecular formula is C24H24FNO5. The normalized spacial score (nSPS) is 10.5. The van der Waals surface area contributed by atoms with Crippen LogP contribution in [0.5, 0.6) is 23.0 Å². The smallest absolute Gasteiger partial charge is 0.303 e. The first-order chi connectivity index (χ1) is 15.0. The van der Waals surface area contributed by atoms with Gasteiger partial charge in [0.1, 0.15) is 30.5 Å². The molecule has 0 amide bonds. The third-order valence-electron chi connectivity index (χ3n) is 4.32. The van der Waals surface area contributed by atoms with Crippen LogP contribution in [0.2, 0.25) is 0 Å². The number of rotatable bonds is 11. The van der Waals surface area contributed by atoms with Crippen LogP contribution in [0, 0.1) is 5.82 Å². The van der Waals surface area contributed by atoms with E-state index in [2.05, 4.69) is 0 Å². The van der Waals surface area contributed by atoms with E-state index in [-0.39, 0.29) is 25.2 Å². The maximum Gasteiger partial charge on any atom is 0.303 e. The number of halogens is 1. The van der Waals surface area contributed by atoms with Crippen LogP contribution in [0.4, 0.5) is 4.39 Å². The van der Waals surface area contributed by atoms with E-state index in [0.29, 0.717) is 36.0 Å². The Hall–Kier alpha value is -3.58. The Kier molecular flexibility index (Phi) is 7.84. The third-order valence-corrected chi connectivity index (χ3v) is 4.32. The molecule has 0 saturated carbocycles. The van der Waals surface area contributed by atoms with Crippen molar-refractivity contribution in [2.75, 3.05) is 13.2 Å². The Morgan fingerprint density at radius 3 is 2.39 bits per heavy atom. The summed E-state index contributed by atoms with van der Waals surface area (Å²) < 4.78 is 31.5. The number of hydrogen-bond donors (Lipinski definition) is 2. The summed E-state index contributed by atoms with van der Waals surface area (Å²) in [7, 11) is 0. The molecule has 7 heteroatoms. The molecule has 0 aromatic heterocycles. The number of aliphatic carboxylic acids is 1. The van der Waals surface area contributed by atoms with Crippen LogP contribution in [0.25, 0.3) is 0 Å². The van der Waals surface area contributed by atoms with Crippen LogP contribution >= 0.6 is 0 Å². The average Bonchev–Trinajstić information content (AvgIpc) is 2.76. The van der Waals surface area contributed by atoms with E-state index in [1.165, 1.54) is 12.1 Å². The van der Waals surface area contributed by atoms with Crippen LogP contribution in [0.1, 0.15) is 17.5 Å². The molecule has 162 valence electrons. The maximum absolute atomic E-state index is 14.4. The number of aryl methyl sites for hydroxylation is 1. The second kappa shape index (κ2) is 11.0. The highest BCUT2D eigenvalue weighted by Gasteiger charge is 2.09. The SMILES string of the molecule is NCCOc1cc(COc2ccc(CCC(=O)O)cc2F)cc(Oc2ccccc2)c1. The molecule has 3 N–H and O–H groups in total. The molecule has 6 nitrogen and oxygen atoms in total. The first-order valence-electron chi connectivity index (χ1n) is 9.86. The highest BCUT2D eigenvalue weighted by molar-refractivity contribution is 5.67. The predicted molar refractivity (Wildman–Crippen MR) is 114 cm³/mol. The second-order valence-electron chi connectivity index (χ2n) is 6.81. The zero-order chi connectivity index (χ0) is 22.1. The minimum absolute atomic E-state index is 0.0561. The molecule has 0 aliphatic carbocycles. The summed E-state index contributed by atoms with van der Waals surface area (Å²) in [5.74, 6) is 0.419. The van der Waals surface area contributed by atoms with E-state index in [1.54, 1.807) is 24.3 Å². The van der Waals surface area contributed by atoms with E-state index in [0.717, 1.165) is 5.56 Å². The predicted octanol–water partition coefficient (Wildman–Crippen LogP) is 4.55. The van der Waals surface area contributed by atoms with Crippen molar-refractivity contribution in [1.29, 1.82) is 0 Å². The number of carboxylic acids is 1. The van der Waals surface area contributed by atoms with Crippen molar-refractivity contribution in [2.24, 2.45) is 5.73 Å². The third kappa shape index (κ3) is 7.01. The van der Waals surface area contributed by atoms with Gasteiger partial charge in [-0.3, -0.25) is 4.79 Å². The van der Waals surface area contributed by atoms with Gasteiger partial charge < -0.3 is 25.1 Å². The van der Waals surface area contributed by atoms with E-state index >= 15 is 0 Å². The largest absolute Gasteiger partial charge is 0.492 e. The lowest BCUT2D eigenvalue weighted by atomic mass is 10.1. The highest BCUT2D eigenvalue weighted by Crippen LogP contribution is 2.29. The first kappa shape index (κ1) is 22.1. The maximum atomic E-state index is 14.4. The van der Waals surface area contributed by atoms with Crippen LogP contribution in [0.3, 0.4) is 0 Å². The van der Waals surface area contributed by atoms with Crippen molar-refractivity contribution < 1.29 is 28.5 Å². The van der Waals surface area contributed by atoms with Crippen molar-refractivity contribution in [3.05, 3.63) is 83.7 Å². The lowest BCUT2D eigenvalue weighted by Crippen LogP contribution is -2.11. The van der Waals surface area contributed by atoms with Crippen molar-refractivity contribution >= 4 is 5.97 Å². The molecule has 31 heavy (non-hydrogen) atoms. The molecule has 3 aromatic carbocycles. The Labute approximate surface area is 180 Å². The fourth-order valence-corrected chi connectivity index (χ4v) is 2.89. The average molecular weight is 425 g/mol. The molecule has 0 heterocycles. The van der Waals surface area contributed by atoms with Gasteiger partial charge in [-0.1, -0.05) is 24.3 Å². The summed E-state index contributed by atoms with van der Waals surface area (Å²) >= 11 is 0. The Bertz CT molecular complexity index is 1010. The number of nitrogens with two attached hydrogens (primary N) is 1. The van der Waals surface area contributed by atoms with Crippen LogP contribution < -0.4 is 19.9 Å². The van der Waals surface area contributed by atoms with Crippen LogP contribution in [0.15, 0.2) is 66.7 Å². The van der Waals surface area contributed by atoms with E-state index < -0.39 is 11.8 Å². The standard InChI is InChI=1S/C24H24FNO5/c25-22-14-17(7-9-24(27)28)6-8-23(22)30-16-18-12-20(29-11-10-26)15-21(13-18)31-19-4-2-1-3-5-19/h1-6,8,12-15H,7,9-11,16,26H2,(H,27,28). The van der Waals surface area contributed by atoms with Crippen molar-refractivity contribution in [3.8, 4) is 23.0 Å². The van der Waals surface area contributed by atoms with Gasteiger partial charge in [0.2, 0.25) is 0 Å². The number of carbonyl (C=O) groups is 1. The molecule has 0 atom stereocenters. The molecule has 3 rings (SSSR count). The number of ether oxygens (including phenoxy) is 3. The van der Waals surface area contributed by atoms with Gasteiger partial charge in [-0.2, -0.15) is 0 Å². The summed E-state index contributed by atoms with van der Waals surface area (Å²) in [4.78, 5) is 10.7. The quantitative estimate of drug-likeness (QED) is 0.468. The molecule has 0 aliphatic rings. The topological polar surface area (TPSA) is 91.0 Å². The molecule has 3 aromatic rings. The van der Waals surface area contributed by atoms with Gasteiger partial charge in [-0.15, -0.1) is 0 Å². The fourth-order valence-electron chi connectivity index (χ4n) is 2.89. The van der Waals surface area contributed by atoms with Crippen molar-refractivity contribution in [2.45, 2.75) is 19.4 Å². The van der Waals surface area contributed by atoms with Gasteiger partial charge in [-0.05, 0) is 53.9 Å². The number of para-hydroxylation sites is 1. The molecule has 0 saturated heterocycles. The van der Waals surface area contributed by atoms with Gasteiger partial charge in [0.05, 0.1) is 0 Å². The summed E-state index contributed by atoms with van der Waals surface area (Å²) in [5, 5.41) is 8.76. The summed E-state index contributed by atoms with van der Waals surface area (Å²) in [6.07, 6.45) is 0.201. The zero-order valence-corrected chi connectivity index (χ0v) is 16.9. The zero-order valence-electron chi connectivity index (χ0n) is 16.9. The Balaban J connectivity index is 1.72. The monoisotopic (exact) mass is 425 g/mol. The summed E-state index contributed by atoms with van der Waals surface area (Å²) in [5.41, 5.74) is 6.85. The first-order valence-corrected chi connectivity index (χ1v) is 9.86. The minimum atomic E-state index is -0.925. The number of carboxylic acid groups (broad SMARTS) is 1. The van der Waals surface area contributed by atoms with Gasteiger partial charge in [-0.25, -0.2) is 4.39 Å². The molecule has 0 fully saturated rings. The van der Waals surface area contributed by atoms with E-state index in [1.807, 2.05) is 30.3 Å². The highest BCUT2D eigenvalue weighted by atomic mass is 19.1. The molecular weight excluding hydrogens is 401 g/mol. The fraction of sp³-hybridized carbons (Fsp3) is 0.208. The molecule has 0 spiro atoms. The van der Waals surface area contributed by atoms with Crippen molar-refractivity contribution in [3.63, 3.8) is 0 Å². The van der Waals surface area contributed by atoms with Gasteiger partial charge in [0.15, 0.2) is 11.6 Å². The van der Waals surface area contributed by atoms with Gasteiger partial charge in [0, 0.05) is 19.0 Å². The van der Waals surface area contributed by atoms with Gasteiger partial charge >= 0.3 is 5.97 Å². The summed E-state index contributed by atoms with van der Waals surface area (Å²) in [6, 6.07) is 19.1. The molecule has 0 radical (unpaired) electrons. The Morgan fingerprint density at radius 2 is 1.68 bits per heavy atom.